The Morgan fingerprint density at radius 1 is 1.53 bits per heavy atom. The largest absolute Gasteiger partial charge is 0.458 e. The summed E-state index contributed by atoms with van der Waals surface area (Å²) in [5.41, 5.74) is 0.268. The van der Waals surface area contributed by atoms with Gasteiger partial charge in [-0.05, 0) is 13.3 Å². The number of carbonyl (C=O) groups is 2. The van der Waals surface area contributed by atoms with Gasteiger partial charge in [-0.1, -0.05) is 6.58 Å². The van der Waals surface area contributed by atoms with Crippen molar-refractivity contribution >= 4 is 11.9 Å². The summed E-state index contributed by atoms with van der Waals surface area (Å²) in [6, 6.07) is 0. The molecule has 1 heterocycles. The maximum atomic E-state index is 13.9. The lowest BCUT2D eigenvalue weighted by molar-refractivity contribution is -0.158. The highest BCUT2D eigenvalue weighted by molar-refractivity contribution is 5.87. The monoisotopic (exact) mass is 240 g/mol. The number of esters is 2. The van der Waals surface area contributed by atoms with E-state index >= 15 is 0 Å². The van der Waals surface area contributed by atoms with Gasteiger partial charge in [0.05, 0.1) is 5.92 Å². The fourth-order valence-electron chi connectivity index (χ4n) is 3.28. The molecule has 92 valence electrons. The Balaban J connectivity index is 1.83. The molecule has 1 saturated heterocycles. The number of rotatable bonds is 2. The lowest BCUT2D eigenvalue weighted by Crippen LogP contribution is -2.41. The van der Waals surface area contributed by atoms with E-state index in [4.69, 9.17) is 9.47 Å². The molecule has 1 aliphatic heterocycles. The topological polar surface area (TPSA) is 52.6 Å². The molecule has 6 unspecified atom stereocenters. The van der Waals surface area contributed by atoms with Crippen LogP contribution >= 0.6 is 0 Å². The summed E-state index contributed by atoms with van der Waals surface area (Å²) in [6.45, 7) is 5.01. The van der Waals surface area contributed by atoms with Gasteiger partial charge in [0.15, 0.2) is 0 Å². The van der Waals surface area contributed by atoms with E-state index in [1.165, 1.54) is 6.92 Å². The molecule has 3 fully saturated rings. The van der Waals surface area contributed by atoms with Gasteiger partial charge in [0.1, 0.15) is 18.4 Å². The predicted molar refractivity (Wildman–Crippen MR) is 54.6 cm³/mol. The highest BCUT2D eigenvalue weighted by atomic mass is 19.1. The van der Waals surface area contributed by atoms with Crippen LogP contribution in [0.15, 0.2) is 12.2 Å². The summed E-state index contributed by atoms with van der Waals surface area (Å²) in [5, 5.41) is 0. The van der Waals surface area contributed by atoms with Crippen molar-refractivity contribution in [3.8, 4) is 0 Å². The third-order valence-corrected chi connectivity index (χ3v) is 4.04. The Bertz CT molecular complexity index is 419. The second-order valence-corrected chi connectivity index (χ2v) is 5.09. The average molecular weight is 240 g/mol. The van der Waals surface area contributed by atoms with Crippen LogP contribution in [0.3, 0.4) is 0 Å². The summed E-state index contributed by atoms with van der Waals surface area (Å²) in [4.78, 5) is 22.9. The number of alkyl halides is 1. The van der Waals surface area contributed by atoms with Gasteiger partial charge < -0.3 is 9.47 Å². The standard InChI is InChI=1S/C12H13FO4/c1-4(2)11(14)16-10-6-3-5-7(8(6)13)12(15)17-9(5)10/h5-10H,1,3H2,2H3. The lowest BCUT2D eigenvalue weighted by atomic mass is 9.86. The predicted octanol–water partition coefficient (Wildman–Crippen LogP) is 1.00. The molecule has 0 aromatic rings. The van der Waals surface area contributed by atoms with Crippen LogP contribution in [0.1, 0.15) is 13.3 Å². The van der Waals surface area contributed by atoms with Gasteiger partial charge in [0.2, 0.25) is 0 Å². The smallest absolute Gasteiger partial charge is 0.333 e. The number of hydrogen-bond acceptors (Lipinski definition) is 4. The first-order chi connectivity index (χ1) is 8.00. The molecule has 0 N–H and O–H groups in total. The maximum absolute atomic E-state index is 13.9. The van der Waals surface area contributed by atoms with Crippen LogP contribution in [0.5, 0.6) is 0 Å². The van der Waals surface area contributed by atoms with E-state index in [9.17, 15) is 14.0 Å². The number of hydrogen-bond donors (Lipinski definition) is 0. The van der Waals surface area contributed by atoms with Crippen LogP contribution in [0.25, 0.3) is 0 Å². The zero-order chi connectivity index (χ0) is 12.3. The summed E-state index contributed by atoms with van der Waals surface area (Å²) in [6.07, 6.45) is -1.76. The third-order valence-electron chi connectivity index (χ3n) is 4.04. The fraction of sp³-hybridized carbons (Fsp3) is 0.667. The summed E-state index contributed by atoms with van der Waals surface area (Å²) in [5.74, 6) is -2.18. The van der Waals surface area contributed by atoms with Crippen LogP contribution < -0.4 is 0 Å². The van der Waals surface area contributed by atoms with Gasteiger partial charge in [-0.15, -0.1) is 0 Å². The van der Waals surface area contributed by atoms with Gasteiger partial charge in [0, 0.05) is 17.4 Å². The second-order valence-electron chi connectivity index (χ2n) is 5.09. The van der Waals surface area contributed by atoms with Crippen molar-refractivity contribution in [3.63, 3.8) is 0 Å². The number of ether oxygens (including phenoxy) is 2. The van der Waals surface area contributed by atoms with Crippen molar-refractivity contribution in [1.82, 2.24) is 0 Å². The SMILES string of the molecule is C=C(C)C(=O)OC1C2CC3C1OC(=O)C3C2F. The molecule has 0 aromatic carbocycles. The molecule has 0 spiro atoms. The van der Waals surface area contributed by atoms with E-state index < -0.39 is 42.2 Å². The first-order valence-corrected chi connectivity index (χ1v) is 5.71. The zero-order valence-electron chi connectivity index (χ0n) is 9.39. The molecule has 2 bridgehead atoms. The minimum atomic E-state index is -1.24. The molecule has 4 nitrogen and oxygen atoms in total. The van der Waals surface area contributed by atoms with Gasteiger partial charge in [-0.3, -0.25) is 4.79 Å². The van der Waals surface area contributed by atoms with E-state index in [1.807, 2.05) is 0 Å². The van der Waals surface area contributed by atoms with Crippen LogP contribution in [-0.4, -0.2) is 30.3 Å². The highest BCUT2D eigenvalue weighted by Gasteiger charge is 2.68. The number of carbonyl (C=O) groups excluding carboxylic acids is 2. The Hall–Kier alpha value is -1.39. The molecule has 0 radical (unpaired) electrons. The molecule has 6 atom stereocenters. The van der Waals surface area contributed by atoms with Crippen LogP contribution in [0.4, 0.5) is 4.39 Å². The Morgan fingerprint density at radius 2 is 2.24 bits per heavy atom. The number of halogens is 1. The normalized spacial score (nSPS) is 45.9. The summed E-state index contributed by atoms with van der Waals surface area (Å²) < 4.78 is 24.3. The van der Waals surface area contributed by atoms with Crippen molar-refractivity contribution in [2.24, 2.45) is 17.8 Å². The molecular weight excluding hydrogens is 227 g/mol. The highest BCUT2D eigenvalue weighted by Crippen LogP contribution is 2.56. The molecule has 2 aliphatic carbocycles. The molecular formula is C12H13FO4. The van der Waals surface area contributed by atoms with Crippen LogP contribution in [0.2, 0.25) is 0 Å². The van der Waals surface area contributed by atoms with Crippen LogP contribution in [0, 0.1) is 17.8 Å². The lowest BCUT2D eigenvalue weighted by Gasteiger charge is -2.27. The van der Waals surface area contributed by atoms with Gasteiger partial charge >= 0.3 is 11.9 Å². The molecule has 3 aliphatic rings. The van der Waals surface area contributed by atoms with Gasteiger partial charge in [-0.25, -0.2) is 9.18 Å². The first-order valence-electron chi connectivity index (χ1n) is 5.71. The van der Waals surface area contributed by atoms with Crippen molar-refractivity contribution in [3.05, 3.63) is 12.2 Å². The van der Waals surface area contributed by atoms with Crippen molar-refractivity contribution in [1.29, 1.82) is 0 Å². The van der Waals surface area contributed by atoms with Gasteiger partial charge in [0.25, 0.3) is 0 Å². The van der Waals surface area contributed by atoms with Crippen LogP contribution in [-0.2, 0) is 19.1 Å². The summed E-state index contributed by atoms with van der Waals surface area (Å²) >= 11 is 0. The third kappa shape index (κ3) is 1.28. The average Bonchev–Trinajstić information content (AvgIpc) is 2.82. The first kappa shape index (κ1) is 10.7. The molecule has 0 aromatic heterocycles. The number of fused-ring (bicyclic) bond motifs is 1. The van der Waals surface area contributed by atoms with Crippen molar-refractivity contribution in [2.45, 2.75) is 31.7 Å². The minimum absolute atomic E-state index is 0.120. The molecule has 17 heavy (non-hydrogen) atoms. The van der Waals surface area contributed by atoms with E-state index in [0.29, 0.717) is 6.42 Å². The maximum Gasteiger partial charge on any atom is 0.333 e. The Kier molecular flexibility index (Phi) is 2.09. The molecule has 3 rings (SSSR count). The molecule has 2 saturated carbocycles. The second kappa shape index (κ2) is 3.31. The van der Waals surface area contributed by atoms with Gasteiger partial charge in [-0.2, -0.15) is 0 Å². The van der Waals surface area contributed by atoms with E-state index in [-0.39, 0.29) is 11.5 Å². The Labute approximate surface area is 97.8 Å². The van der Waals surface area contributed by atoms with E-state index in [2.05, 4.69) is 6.58 Å². The zero-order valence-corrected chi connectivity index (χ0v) is 9.39. The fourth-order valence-corrected chi connectivity index (χ4v) is 3.28. The summed E-state index contributed by atoms with van der Waals surface area (Å²) in [7, 11) is 0. The molecule has 0 amide bonds. The Morgan fingerprint density at radius 3 is 2.88 bits per heavy atom. The van der Waals surface area contributed by atoms with E-state index in [1.54, 1.807) is 0 Å². The van der Waals surface area contributed by atoms with Crippen molar-refractivity contribution < 1.29 is 23.5 Å². The quantitative estimate of drug-likeness (QED) is 0.534. The van der Waals surface area contributed by atoms with Crippen molar-refractivity contribution in [2.75, 3.05) is 0 Å². The van der Waals surface area contributed by atoms with E-state index in [0.717, 1.165) is 0 Å². The minimum Gasteiger partial charge on any atom is -0.458 e. The molecule has 5 heteroatoms.